The number of aliphatic hydroxyl groups excluding tert-OH is 1. The summed E-state index contributed by atoms with van der Waals surface area (Å²) in [5.41, 5.74) is 3.04. The molecule has 0 saturated carbocycles. The third-order valence-electron chi connectivity index (χ3n) is 3.08. The average molecular weight is 221 g/mol. The topological polar surface area (TPSA) is 62.5 Å². The number of aliphatic hydroxyl groups is 1. The Hall–Kier alpha value is -1.71. The minimum absolute atomic E-state index is 0.176. The fourth-order valence-electron chi connectivity index (χ4n) is 2.30. The summed E-state index contributed by atoms with van der Waals surface area (Å²) in [7, 11) is 1.87. The van der Waals surface area contributed by atoms with E-state index in [1.165, 1.54) is 17.7 Å². The van der Waals surface area contributed by atoms with Gasteiger partial charge in [0, 0.05) is 12.7 Å². The number of hydrogen-bond acceptors (Lipinski definition) is 2. The van der Waals surface area contributed by atoms with E-state index in [-0.39, 0.29) is 5.76 Å². The van der Waals surface area contributed by atoms with Crippen LogP contribution in [0.3, 0.4) is 0 Å². The number of aliphatic carboxylic acids is 1. The molecule has 1 aromatic rings. The van der Waals surface area contributed by atoms with Gasteiger partial charge in [0.1, 0.15) is 5.76 Å². The first-order valence-electron chi connectivity index (χ1n) is 5.41. The van der Waals surface area contributed by atoms with Crippen LogP contribution in [0.15, 0.2) is 12.1 Å². The molecule has 0 aromatic carbocycles. The second-order valence-electron chi connectivity index (χ2n) is 4.14. The monoisotopic (exact) mass is 221 g/mol. The molecule has 0 spiro atoms. The van der Waals surface area contributed by atoms with Gasteiger partial charge in [-0.05, 0) is 37.3 Å². The number of carboxylic acid groups (broad SMARTS) is 1. The summed E-state index contributed by atoms with van der Waals surface area (Å²) in [4.78, 5) is 10.5. The summed E-state index contributed by atoms with van der Waals surface area (Å²) >= 11 is 0. The zero-order valence-electron chi connectivity index (χ0n) is 9.23. The number of fused-ring (bicyclic) bond motifs is 1. The first kappa shape index (κ1) is 10.8. The van der Waals surface area contributed by atoms with E-state index >= 15 is 0 Å². The van der Waals surface area contributed by atoms with E-state index in [0.29, 0.717) is 5.69 Å². The fraction of sp³-hybridized carbons (Fsp3) is 0.417. The Morgan fingerprint density at radius 1 is 1.38 bits per heavy atom. The molecule has 0 atom stereocenters. The van der Waals surface area contributed by atoms with Crippen LogP contribution >= 0.6 is 0 Å². The highest BCUT2D eigenvalue weighted by Gasteiger charge is 2.18. The Labute approximate surface area is 93.8 Å². The van der Waals surface area contributed by atoms with Gasteiger partial charge in [0.15, 0.2) is 0 Å². The minimum Gasteiger partial charge on any atom is -0.505 e. The summed E-state index contributed by atoms with van der Waals surface area (Å²) in [5, 5.41) is 18.3. The van der Waals surface area contributed by atoms with Crippen molar-refractivity contribution in [2.24, 2.45) is 7.05 Å². The molecule has 2 rings (SSSR count). The van der Waals surface area contributed by atoms with Crippen LogP contribution in [0.2, 0.25) is 0 Å². The number of carbonyl (C=O) groups is 1. The number of aromatic nitrogens is 1. The normalized spacial score (nSPS) is 15.9. The van der Waals surface area contributed by atoms with Gasteiger partial charge < -0.3 is 14.8 Å². The van der Waals surface area contributed by atoms with Gasteiger partial charge in [-0.2, -0.15) is 0 Å². The van der Waals surface area contributed by atoms with E-state index in [1.54, 1.807) is 0 Å². The van der Waals surface area contributed by atoms with Crippen LogP contribution in [0.5, 0.6) is 0 Å². The van der Waals surface area contributed by atoms with Gasteiger partial charge in [-0.25, -0.2) is 4.79 Å². The van der Waals surface area contributed by atoms with Gasteiger partial charge in [0.05, 0.1) is 11.8 Å². The predicted octanol–water partition coefficient (Wildman–Crippen LogP) is 1.89. The Morgan fingerprint density at radius 2 is 2.06 bits per heavy atom. The van der Waals surface area contributed by atoms with Gasteiger partial charge in [-0.1, -0.05) is 0 Å². The number of carboxylic acids is 1. The van der Waals surface area contributed by atoms with Crippen molar-refractivity contribution in [3.63, 3.8) is 0 Å². The first-order chi connectivity index (χ1) is 7.59. The molecule has 1 aromatic heterocycles. The molecule has 0 aliphatic heterocycles. The van der Waals surface area contributed by atoms with Gasteiger partial charge in [-0.3, -0.25) is 0 Å². The van der Waals surface area contributed by atoms with Crippen molar-refractivity contribution >= 4 is 11.7 Å². The molecule has 16 heavy (non-hydrogen) atoms. The van der Waals surface area contributed by atoms with E-state index in [2.05, 4.69) is 0 Å². The largest absolute Gasteiger partial charge is 0.505 e. The smallest absolute Gasteiger partial charge is 0.332 e. The van der Waals surface area contributed by atoms with Crippen LogP contribution in [-0.4, -0.2) is 20.7 Å². The summed E-state index contributed by atoms with van der Waals surface area (Å²) in [6.07, 6.45) is 5.18. The standard InChI is InChI=1S/C12H15NO3/c1-13-9-5-3-2-4-8(9)6-10(13)11(14)7-12(15)16/h6-7,14H,2-5H2,1H3,(H,15,16)/b11-7-. The molecule has 86 valence electrons. The van der Waals surface area contributed by atoms with Gasteiger partial charge in [0.2, 0.25) is 0 Å². The Bertz CT molecular complexity index is 457. The molecule has 0 saturated heterocycles. The lowest BCUT2D eigenvalue weighted by Crippen LogP contribution is -2.06. The van der Waals surface area contributed by atoms with E-state index in [4.69, 9.17) is 5.11 Å². The highest BCUT2D eigenvalue weighted by atomic mass is 16.4. The number of nitrogens with zero attached hydrogens (tertiary/aromatic N) is 1. The van der Waals surface area contributed by atoms with Gasteiger partial charge >= 0.3 is 5.97 Å². The molecule has 0 fully saturated rings. The summed E-state index contributed by atoms with van der Waals surface area (Å²) in [5.74, 6) is -1.30. The van der Waals surface area contributed by atoms with Crippen LogP contribution in [0.4, 0.5) is 0 Å². The second kappa shape index (κ2) is 4.04. The Kier molecular flexibility index (Phi) is 2.73. The van der Waals surface area contributed by atoms with Crippen molar-refractivity contribution in [2.75, 3.05) is 0 Å². The molecule has 1 aliphatic carbocycles. The lowest BCUT2D eigenvalue weighted by molar-refractivity contribution is -0.131. The van der Waals surface area contributed by atoms with Crippen molar-refractivity contribution < 1.29 is 15.0 Å². The number of aryl methyl sites for hydroxylation is 1. The van der Waals surface area contributed by atoms with E-state index < -0.39 is 5.97 Å². The molecule has 1 heterocycles. The third-order valence-corrected chi connectivity index (χ3v) is 3.08. The van der Waals surface area contributed by atoms with Crippen LogP contribution in [0.1, 0.15) is 29.8 Å². The van der Waals surface area contributed by atoms with Gasteiger partial charge in [0.25, 0.3) is 0 Å². The van der Waals surface area contributed by atoms with Crippen molar-refractivity contribution in [3.8, 4) is 0 Å². The first-order valence-corrected chi connectivity index (χ1v) is 5.41. The van der Waals surface area contributed by atoms with Crippen molar-refractivity contribution in [1.29, 1.82) is 0 Å². The second-order valence-corrected chi connectivity index (χ2v) is 4.14. The molecule has 2 N–H and O–H groups in total. The molecule has 0 bridgehead atoms. The van der Waals surface area contributed by atoms with Crippen LogP contribution < -0.4 is 0 Å². The van der Waals surface area contributed by atoms with E-state index in [9.17, 15) is 9.90 Å². The summed E-state index contributed by atoms with van der Waals surface area (Å²) in [6.45, 7) is 0. The summed E-state index contributed by atoms with van der Waals surface area (Å²) < 4.78 is 1.89. The molecule has 4 heteroatoms. The highest BCUT2D eigenvalue weighted by molar-refractivity contribution is 5.87. The van der Waals surface area contributed by atoms with E-state index in [1.807, 2.05) is 17.7 Å². The minimum atomic E-state index is -1.13. The van der Waals surface area contributed by atoms with Crippen LogP contribution in [0.25, 0.3) is 5.76 Å². The maximum atomic E-state index is 10.5. The van der Waals surface area contributed by atoms with Gasteiger partial charge in [-0.15, -0.1) is 0 Å². The maximum absolute atomic E-state index is 10.5. The van der Waals surface area contributed by atoms with Crippen molar-refractivity contribution in [1.82, 2.24) is 4.57 Å². The quantitative estimate of drug-likeness (QED) is 0.592. The number of rotatable bonds is 2. The maximum Gasteiger partial charge on any atom is 0.332 e. The third kappa shape index (κ3) is 1.83. The molecule has 0 amide bonds. The molecule has 1 aliphatic rings. The predicted molar refractivity (Wildman–Crippen MR) is 60.3 cm³/mol. The highest BCUT2D eigenvalue weighted by Crippen LogP contribution is 2.26. The molecular weight excluding hydrogens is 206 g/mol. The zero-order valence-corrected chi connectivity index (χ0v) is 9.23. The lowest BCUT2D eigenvalue weighted by atomic mass is 9.98. The lowest BCUT2D eigenvalue weighted by Gasteiger charge is -2.13. The molecule has 0 radical (unpaired) electrons. The Morgan fingerprint density at radius 3 is 2.69 bits per heavy atom. The summed E-state index contributed by atoms with van der Waals surface area (Å²) in [6, 6.07) is 1.89. The fourth-order valence-corrected chi connectivity index (χ4v) is 2.30. The van der Waals surface area contributed by atoms with Crippen molar-refractivity contribution in [2.45, 2.75) is 25.7 Å². The SMILES string of the molecule is Cn1c(/C(O)=C/C(=O)O)cc2c1CCCC2. The average Bonchev–Trinajstić information content (AvgIpc) is 2.56. The number of hydrogen-bond donors (Lipinski definition) is 2. The van der Waals surface area contributed by atoms with Crippen LogP contribution in [0, 0.1) is 0 Å². The molecule has 0 unspecified atom stereocenters. The molecule has 4 nitrogen and oxygen atoms in total. The zero-order chi connectivity index (χ0) is 11.7. The molecular formula is C12H15NO3. The van der Waals surface area contributed by atoms with E-state index in [0.717, 1.165) is 25.3 Å². The Balaban J connectivity index is 2.42. The van der Waals surface area contributed by atoms with Crippen LogP contribution in [-0.2, 0) is 24.7 Å². The van der Waals surface area contributed by atoms with Crippen molar-refractivity contribution in [3.05, 3.63) is 29.1 Å².